The van der Waals surface area contributed by atoms with Gasteiger partial charge in [0.25, 0.3) is 0 Å². The van der Waals surface area contributed by atoms with Crippen LogP contribution in [-0.4, -0.2) is 4.57 Å². The largest absolute Gasteiger partial charge is 0.456 e. The topological polar surface area (TPSA) is 14.2 Å². The van der Waals surface area contributed by atoms with Gasteiger partial charge in [0, 0.05) is 27.5 Å². The van der Waals surface area contributed by atoms with Gasteiger partial charge in [0.1, 0.15) is 11.5 Å². The summed E-state index contributed by atoms with van der Waals surface area (Å²) in [7, 11) is 0. The summed E-state index contributed by atoms with van der Waals surface area (Å²) >= 11 is 0. The first kappa shape index (κ1) is 28.2. The Hall–Kier alpha value is -6.64. The number of benzene rings is 8. The standard InChI is InChI=1S/C49H31NO/c1-2-12-32(13-3-1)33-24-26-34(27-25-33)35-28-30-36(31-29-35)37-15-10-20-43-48(37)51-46-23-9-6-18-41(46)49(43)40-17-5-8-22-45(40)50-44-21-7-4-14-38(44)39-16-11-19-42(49)47(39)50/h1-31H. The average molecular weight is 650 g/mol. The molecule has 1 spiro atoms. The van der Waals surface area contributed by atoms with Crippen molar-refractivity contribution in [2.45, 2.75) is 5.41 Å². The highest BCUT2D eigenvalue weighted by Gasteiger charge is 2.50. The number of hydrogen-bond donors (Lipinski definition) is 0. The molecular formula is C49H31NO. The van der Waals surface area contributed by atoms with Gasteiger partial charge < -0.3 is 9.30 Å². The molecule has 2 aliphatic rings. The Bertz CT molecular complexity index is 2810. The molecule has 0 N–H and O–H groups in total. The zero-order valence-electron chi connectivity index (χ0n) is 27.8. The van der Waals surface area contributed by atoms with E-state index in [1.807, 2.05) is 0 Å². The number of aromatic nitrogens is 1. The van der Waals surface area contributed by atoms with Gasteiger partial charge in [0.15, 0.2) is 0 Å². The fourth-order valence-electron chi connectivity index (χ4n) is 8.90. The minimum Gasteiger partial charge on any atom is -0.456 e. The fraction of sp³-hybridized carbons (Fsp3) is 0.0204. The lowest BCUT2D eigenvalue weighted by atomic mass is 9.61. The lowest BCUT2D eigenvalue weighted by Crippen LogP contribution is -2.37. The van der Waals surface area contributed by atoms with Crippen LogP contribution >= 0.6 is 0 Å². The molecule has 9 aromatic rings. The summed E-state index contributed by atoms with van der Waals surface area (Å²) in [6, 6.07) is 68.2. The molecule has 1 unspecified atom stereocenters. The lowest BCUT2D eigenvalue weighted by Gasteiger charge is -2.45. The molecule has 2 nitrogen and oxygen atoms in total. The number of ether oxygens (including phenoxy) is 1. The van der Waals surface area contributed by atoms with Gasteiger partial charge in [-0.05, 0) is 57.1 Å². The fourth-order valence-corrected chi connectivity index (χ4v) is 8.90. The van der Waals surface area contributed by atoms with Crippen molar-refractivity contribution < 1.29 is 4.74 Å². The molecule has 0 radical (unpaired) electrons. The van der Waals surface area contributed by atoms with E-state index in [0.717, 1.165) is 28.2 Å². The zero-order valence-corrected chi connectivity index (χ0v) is 27.8. The van der Waals surface area contributed by atoms with E-state index in [9.17, 15) is 0 Å². The molecule has 11 rings (SSSR count). The lowest BCUT2D eigenvalue weighted by molar-refractivity contribution is 0.435. The summed E-state index contributed by atoms with van der Waals surface area (Å²) in [5.41, 5.74) is 15.0. The van der Waals surface area contributed by atoms with Gasteiger partial charge in [-0.2, -0.15) is 0 Å². The van der Waals surface area contributed by atoms with Gasteiger partial charge in [-0.25, -0.2) is 0 Å². The Labute approximate surface area is 296 Å². The maximum atomic E-state index is 7.01. The maximum Gasteiger partial charge on any atom is 0.140 e. The Balaban J connectivity index is 1.12. The highest BCUT2D eigenvalue weighted by molar-refractivity contribution is 6.12. The molecule has 0 amide bonds. The molecule has 0 aliphatic carbocycles. The quantitative estimate of drug-likeness (QED) is 0.186. The molecule has 51 heavy (non-hydrogen) atoms. The van der Waals surface area contributed by atoms with Crippen molar-refractivity contribution in [3.8, 4) is 50.6 Å². The third-order valence-corrected chi connectivity index (χ3v) is 11.1. The summed E-state index contributed by atoms with van der Waals surface area (Å²) in [6.07, 6.45) is 0. The van der Waals surface area contributed by atoms with E-state index in [2.05, 4.69) is 193 Å². The molecule has 0 saturated carbocycles. The number of fused-ring (bicyclic) bond motifs is 11. The molecule has 0 bridgehead atoms. The molecule has 238 valence electrons. The summed E-state index contributed by atoms with van der Waals surface area (Å²) in [5.74, 6) is 1.80. The van der Waals surface area contributed by atoms with Gasteiger partial charge in [-0.15, -0.1) is 0 Å². The first-order chi connectivity index (χ1) is 25.3. The van der Waals surface area contributed by atoms with Gasteiger partial charge >= 0.3 is 0 Å². The van der Waals surface area contributed by atoms with Crippen LogP contribution < -0.4 is 4.74 Å². The van der Waals surface area contributed by atoms with Gasteiger partial charge in [0.05, 0.1) is 22.1 Å². The molecule has 8 aromatic carbocycles. The van der Waals surface area contributed by atoms with Crippen molar-refractivity contribution in [3.63, 3.8) is 0 Å². The molecule has 2 aliphatic heterocycles. The molecule has 3 heterocycles. The molecular weight excluding hydrogens is 619 g/mol. The number of para-hydroxylation sites is 5. The minimum atomic E-state index is -0.582. The van der Waals surface area contributed by atoms with E-state index in [0.29, 0.717) is 0 Å². The second-order valence-corrected chi connectivity index (χ2v) is 13.6. The molecule has 2 heteroatoms. The smallest absolute Gasteiger partial charge is 0.140 e. The van der Waals surface area contributed by atoms with E-state index < -0.39 is 5.41 Å². The number of nitrogens with zero attached hydrogens (tertiary/aromatic N) is 1. The Morgan fingerprint density at radius 1 is 0.373 bits per heavy atom. The summed E-state index contributed by atoms with van der Waals surface area (Å²) in [6.45, 7) is 0. The highest BCUT2D eigenvalue weighted by atomic mass is 16.5. The van der Waals surface area contributed by atoms with Gasteiger partial charge in [-0.3, -0.25) is 0 Å². The minimum absolute atomic E-state index is 0.582. The van der Waals surface area contributed by atoms with Crippen molar-refractivity contribution in [1.29, 1.82) is 0 Å². The molecule has 1 aromatic heterocycles. The van der Waals surface area contributed by atoms with Crippen molar-refractivity contribution in [3.05, 3.63) is 210 Å². The maximum absolute atomic E-state index is 7.01. The Kier molecular flexibility index (Phi) is 5.91. The van der Waals surface area contributed by atoms with Crippen LogP contribution in [0.1, 0.15) is 22.3 Å². The summed E-state index contributed by atoms with van der Waals surface area (Å²) in [4.78, 5) is 0. The van der Waals surface area contributed by atoms with E-state index in [1.54, 1.807) is 0 Å². The Morgan fingerprint density at radius 3 is 1.71 bits per heavy atom. The summed E-state index contributed by atoms with van der Waals surface area (Å²) in [5, 5.41) is 2.54. The van der Waals surface area contributed by atoms with E-state index in [1.165, 1.54) is 66.4 Å². The molecule has 0 fully saturated rings. The van der Waals surface area contributed by atoms with E-state index in [-0.39, 0.29) is 0 Å². The third-order valence-electron chi connectivity index (χ3n) is 11.1. The average Bonchev–Trinajstić information content (AvgIpc) is 3.55. The SMILES string of the molecule is c1ccc(-c2ccc(-c3ccc(-c4cccc5c4Oc4ccccc4C54c5ccccc5-n5c6ccccc6c6cccc4c65)cc3)cc2)cc1. The normalized spacial score (nSPS) is 15.3. The second kappa shape index (κ2) is 10.7. The van der Waals surface area contributed by atoms with Crippen molar-refractivity contribution in [2.24, 2.45) is 0 Å². The van der Waals surface area contributed by atoms with Crippen LogP contribution in [0.5, 0.6) is 11.5 Å². The predicted molar refractivity (Wildman–Crippen MR) is 209 cm³/mol. The van der Waals surface area contributed by atoms with E-state index >= 15 is 0 Å². The van der Waals surface area contributed by atoms with Crippen LogP contribution in [0.2, 0.25) is 0 Å². The highest BCUT2D eigenvalue weighted by Crippen LogP contribution is 2.61. The zero-order chi connectivity index (χ0) is 33.5. The van der Waals surface area contributed by atoms with Crippen LogP contribution in [-0.2, 0) is 5.41 Å². The Morgan fingerprint density at radius 2 is 0.922 bits per heavy atom. The predicted octanol–water partition coefficient (Wildman–Crippen LogP) is 12.6. The van der Waals surface area contributed by atoms with Gasteiger partial charge in [0.2, 0.25) is 0 Å². The number of rotatable bonds is 3. The van der Waals surface area contributed by atoms with E-state index in [4.69, 9.17) is 4.74 Å². The van der Waals surface area contributed by atoms with Crippen molar-refractivity contribution in [2.75, 3.05) is 0 Å². The first-order valence-corrected chi connectivity index (χ1v) is 17.6. The third kappa shape index (κ3) is 3.87. The monoisotopic (exact) mass is 649 g/mol. The molecule has 1 atom stereocenters. The van der Waals surface area contributed by atoms with Crippen LogP contribution in [0.15, 0.2) is 188 Å². The number of hydrogen-bond acceptors (Lipinski definition) is 1. The second-order valence-electron chi connectivity index (χ2n) is 13.6. The van der Waals surface area contributed by atoms with Crippen LogP contribution in [0, 0.1) is 0 Å². The first-order valence-electron chi connectivity index (χ1n) is 17.6. The van der Waals surface area contributed by atoms with Gasteiger partial charge in [-0.1, -0.05) is 170 Å². The van der Waals surface area contributed by atoms with Crippen LogP contribution in [0.3, 0.4) is 0 Å². The van der Waals surface area contributed by atoms with Crippen LogP contribution in [0.4, 0.5) is 0 Å². The van der Waals surface area contributed by atoms with Crippen molar-refractivity contribution >= 4 is 21.8 Å². The summed E-state index contributed by atoms with van der Waals surface area (Å²) < 4.78 is 9.49. The molecule has 0 saturated heterocycles. The van der Waals surface area contributed by atoms with Crippen LogP contribution in [0.25, 0.3) is 60.9 Å². The van der Waals surface area contributed by atoms with Crippen molar-refractivity contribution in [1.82, 2.24) is 4.57 Å².